The van der Waals surface area contributed by atoms with Crippen molar-refractivity contribution in [3.63, 3.8) is 0 Å². The standard InChI is InChI=1S/C10H15Cl2NO2/c11-6-8(12)7-13-5-3-1-2-4-9(13)10(14)15/h6,9H,1-5,7H2,(H,14,15). The van der Waals surface area contributed by atoms with Crippen molar-refractivity contribution in [3.8, 4) is 0 Å². The van der Waals surface area contributed by atoms with Gasteiger partial charge in [0.05, 0.1) is 0 Å². The topological polar surface area (TPSA) is 40.5 Å². The van der Waals surface area contributed by atoms with Gasteiger partial charge in [-0.3, -0.25) is 9.69 Å². The van der Waals surface area contributed by atoms with Gasteiger partial charge in [-0.25, -0.2) is 0 Å². The highest BCUT2D eigenvalue weighted by atomic mass is 35.5. The Morgan fingerprint density at radius 1 is 1.47 bits per heavy atom. The molecule has 0 amide bonds. The number of nitrogens with zero attached hydrogens (tertiary/aromatic N) is 1. The van der Waals surface area contributed by atoms with Gasteiger partial charge in [0, 0.05) is 17.1 Å². The average molecular weight is 252 g/mol. The largest absolute Gasteiger partial charge is 0.480 e. The van der Waals surface area contributed by atoms with Gasteiger partial charge in [0.2, 0.25) is 0 Å². The molecule has 1 heterocycles. The van der Waals surface area contributed by atoms with Gasteiger partial charge in [-0.1, -0.05) is 36.0 Å². The van der Waals surface area contributed by atoms with Gasteiger partial charge >= 0.3 is 5.97 Å². The maximum absolute atomic E-state index is 11.1. The summed E-state index contributed by atoms with van der Waals surface area (Å²) in [4.78, 5) is 12.9. The number of hydrogen-bond donors (Lipinski definition) is 1. The van der Waals surface area contributed by atoms with Crippen LogP contribution in [0.15, 0.2) is 10.6 Å². The van der Waals surface area contributed by atoms with E-state index in [0.717, 1.165) is 25.8 Å². The van der Waals surface area contributed by atoms with Gasteiger partial charge in [0.1, 0.15) is 6.04 Å². The van der Waals surface area contributed by atoms with Crippen LogP contribution in [0.5, 0.6) is 0 Å². The van der Waals surface area contributed by atoms with Crippen LogP contribution in [-0.4, -0.2) is 35.1 Å². The molecule has 1 saturated heterocycles. The quantitative estimate of drug-likeness (QED) is 0.839. The number of aliphatic carboxylic acids is 1. The zero-order chi connectivity index (χ0) is 11.3. The summed E-state index contributed by atoms with van der Waals surface area (Å²) < 4.78 is 0. The lowest BCUT2D eigenvalue weighted by molar-refractivity contribution is -0.143. The van der Waals surface area contributed by atoms with E-state index in [1.165, 1.54) is 5.54 Å². The van der Waals surface area contributed by atoms with Crippen molar-refractivity contribution < 1.29 is 9.90 Å². The first-order chi connectivity index (χ1) is 7.15. The van der Waals surface area contributed by atoms with Crippen LogP contribution in [0.25, 0.3) is 0 Å². The highest BCUT2D eigenvalue weighted by Gasteiger charge is 2.27. The predicted molar refractivity (Wildman–Crippen MR) is 61.3 cm³/mol. The third-order valence-electron chi connectivity index (χ3n) is 2.62. The molecule has 1 fully saturated rings. The summed E-state index contributed by atoms with van der Waals surface area (Å²) in [5.41, 5.74) is 1.30. The Balaban J connectivity index is 2.66. The van der Waals surface area contributed by atoms with E-state index in [-0.39, 0.29) is 0 Å². The fourth-order valence-electron chi connectivity index (χ4n) is 1.87. The first-order valence-corrected chi connectivity index (χ1v) is 5.88. The third kappa shape index (κ3) is 4.01. The van der Waals surface area contributed by atoms with Gasteiger partial charge in [-0.05, 0) is 19.4 Å². The number of carboxylic acids is 1. The van der Waals surface area contributed by atoms with Gasteiger partial charge < -0.3 is 5.11 Å². The van der Waals surface area contributed by atoms with E-state index < -0.39 is 12.0 Å². The lowest BCUT2D eigenvalue weighted by atomic mass is 10.1. The molecule has 1 aliphatic heterocycles. The number of hydrogen-bond acceptors (Lipinski definition) is 2. The summed E-state index contributed by atoms with van der Waals surface area (Å²) in [6, 6.07) is -0.419. The second-order valence-corrected chi connectivity index (χ2v) is 4.43. The number of halogens is 2. The fourth-order valence-corrected chi connectivity index (χ4v) is 2.09. The summed E-state index contributed by atoms with van der Waals surface area (Å²) in [6.07, 6.45) is 3.77. The van der Waals surface area contributed by atoms with E-state index in [1.54, 1.807) is 0 Å². The molecule has 0 aromatic rings. The number of carboxylic acid groups (broad SMARTS) is 1. The minimum absolute atomic E-state index is 0.419. The van der Waals surface area contributed by atoms with Gasteiger partial charge in [0.25, 0.3) is 0 Å². The number of carbonyl (C=O) groups is 1. The van der Waals surface area contributed by atoms with E-state index in [9.17, 15) is 4.79 Å². The van der Waals surface area contributed by atoms with Crippen LogP contribution in [0, 0.1) is 0 Å². The molecule has 86 valence electrons. The van der Waals surface area contributed by atoms with E-state index >= 15 is 0 Å². The van der Waals surface area contributed by atoms with Gasteiger partial charge in [-0.15, -0.1) is 0 Å². The molecule has 0 aromatic heterocycles. The van der Waals surface area contributed by atoms with Crippen molar-refractivity contribution in [1.29, 1.82) is 0 Å². The van der Waals surface area contributed by atoms with Crippen molar-refractivity contribution in [2.24, 2.45) is 0 Å². The molecule has 3 nitrogen and oxygen atoms in total. The summed E-state index contributed by atoms with van der Waals surface area (Å²) in [5.74, 6) is -0.768. The SMILES string of the molecule is O=C(O)C1CCCCCN1CC(Cl)=CCl. The molecular weight excluding hydrogens is 237 g/mol. The molecular formula is C10H15Cl2NO2. The van der Waals surface area contributed by atoms with E-state index in [2.05, 4.69) is 0 Å². The molecule has 15 heavy (non-hydrogen) atoms. The lowest BCUT2D eigenvalue weighted by Gasteiger charge is -2.26. The summed E-state index contributed by atoms with van der Waals surface area (Å²) in [5, 5.41) is 9.57. The molecule has 1 aliphatic rings. The number of likely N-dealkylation sites (tertiary alicyclic amines) is 1. The molecule has 0 bridgehead atoms. The summed E-state index contributed by atoms with van der Waals surface area (Å²) in [6.45, 7) is 1.21. The molecule has 5 heteroatoms. The molecule has 1 rings (SSSR count). The van der Waals surface area contributed by atoms with Crippen LogP contribution < -0.4 is 0 Å². The minimum Gasteiger partial charge on any atom is -0.480 e. The first kappa shape index (κ1) is 12.8. The normalized spacial score (nSPS) is 24.9. The van der Waals surface area contributed by atoms with Crippen LogP contribution in [0.3, 0.4) is 0 Å². The molecule has 0 saturated carbocycles. The second kappa shape index (κ2) is 6.36. The highest BCUT2D eigenvalue weighted by molar-refractivity contribution is 6.36. The molecule has 0 aromatic carbocycles. The zero-order valence-corrected chi connectivity index (χ0v) is 9.97. The van der Waals surface area contributed by atoms with Crippen LogP contribution in [0.1, 0.15) is 25.7 Å². The molecule has 0 aliphatic carbocycles. The highest BCUT2D eigenvalue weighted by Crippen LogP contribution is 2.19. The predicted octanol–water partition coefficient (Wildman–Crippen LogP) is 2.63. The summed E-state index contributed by atoms with van der Waals surface area (Å²) in [7, 11) is 0. The molecule has 1 atom stereocenters. The van der Waals surface area contributed by atoms with Crippen molar-refractivity contribution in [3.05, 3.63) is 10.6 Å². The van der Waals surface area contributed by atoms with Crippen LogP contribution in [-0.2, 0) is 4.79 Å². The molecule has 1 unspecified atom stereocenters. The monoisotopic (exact) mass is 251 g/mol. The first-order valence-electron chi connectivity index (χ1n) is 5.06. The van der Waals surface area contributed by atoms with E-state index in [4.69, 9.17) is 28.3 Å². The van der Waals surface area contributed by atoms with E-state index in [1.807, 2.05) is 4.90 Å². The van der Waals surface area contributed by atoms with Crippen molar-refractivity contribution in [1.82, 2.24) is 4.90 Å². The van der Waals surface area contributed by atoms with E-state index in [0.29, 0.717) is 18.0 Å². The van der Waals surface area contributed by atoms with Crippen molar-refractivity contribution >= 4 is 29.2 Å². The second-order valence-electron chi connectivity index (χ2n) is 3.73. The smallest absolute Gasteiger partial charge is 0.320 e. The van der Waals surface area contributed by atoms with Crippen LogP contribution >= 0.6 is 23.2 Å². The Bertz CT molecular complexity index is 256. The van der Waals surface area contributed by atoms with Gasteiger partial charge in [0.15, 0.2) is 0 Å². The minimum atomic E-state index is -0.768. The Hall–Kier alpha value is -0.250. The zero-order valence-electron chi connectivity index (χ0n) is 8.46. The Labute approximate surface area is 99.7 Å². The maximum Gasteiger partial charge on any atom is 0.320 e. The third-order valence-corrected chi connectivity index (χ3v) is 3.22. The lowest BCUT2D eigenvalue weighted by Crippen LogP contribution is -2.41. The van der Waals surface area contributed by atoms with Crippen LogP contribution in [0.2, 0.25) is 0 Å². The Kier molecular flexibility index (Phi) is 5.43. The maximum atomic E-state index is 11.1. The fraction of sp³-hybridized carbons (Fsp3) is 0.700. The van der Waals surface area contributed by atoms with Crippen molar-refractivity contribution in [2.45, 2.75) is 31.7 Å². The summed E-state index contributed by atoms with van der Waals surface area (Å²) >= 11 is 11.3. The van der Waals surface area contributed by atoms with Crippen LogP contribution in [0.4, 0.5) is 0 Å². The average Bonchev–Trinajstić information content (AvgIpc) is 2.43. The number of rotatable bonds is 3. The molecule has 0 spiro atoms. The molecule has 1 N–H and O–H groups in total. The van der Waals surface area contributed by atoms with Gasteiger partial charge in [-0.2, -0.15) is 0 Å². The van der Waals surface area contributed by atoms with Crippen molar-refractivity contribution in [2.75, 3.05) is 13.1 Å². The molecule has 0 radical (unpaired) electrons. The Morgan fingerprint density at radius 2 is 2.20 bits per heavy atom. The Morgan fingerprint density at radius 3 is 2.80 bits per heavy atom.